The molecule has 1 fully saturated rings. The Balaban J connectivity index is 1.86. The van der Waals surface area contributed by atoms with Crippen molar-refractivity contribution in [1.29, 1.82) is 0 Å². The molecule has 2 aromatic carbocycles. The van der Waals surface area contributed by atoms with E-state index in [1.165, 1.54) is 4.90 Å². The number of rotatable bonds is 8. The lowest BCUT2D eigenvalue weighted by atomic mass is 9.93. The third kappa shape index (κ3) is 5.58. The Kier molecular flexibility index (Phi) is 8.13. The van der Waals surface area contributed by atoms with Gasteiger partial charge in [0.1, 0.15) is 0 Å². The standard InChI is InChI=1S/C23H25Cl4N3O2/c1-29(2)9-10-30(21(31)20(28)11-14-3-4-15(24)12-18(14)26)22(32)23(7-8-23)17-6-5-16(25)13-19(17)27/h3-6,12-13,20H,7-11,28H2,1-2H3/t20-/m0/s1. The van der Waals surface area contributed by atoms with Gasteiger partial charge in [-0.15, -0.1) is 0 Å². The topological polar surface area (TPSA) is 66.6 Å². The average Bonchev–Trinajstić information content (AvgIpc) is 3.51. The van der Waals surface area contributed by atoms with Crippen molar-refractivity contribution in [3.8, 4) is 0 Å². The molecule has 2 N–H and O–H groups in total. The van der Waals surface area contributed by atoms with Gasteiger partial charge in [-0.3, -0.25) is 14.5 Å². The van der Waals surface area contributed by atoms with Crippen LogP contribution in [-0.2, 0) is 21.4 Å². The van der Waals surface area contributed by atoms with Crippen LogP contribution in [-0.4, -0.2) is 54.8 Å². The van der Waals surface area contributed by atoms with Gasteiger partial charge in [0.25, 0.3) is 0 Å². The van der Waals surface area contributed by atoms with Crippen LogP contribution in [0.4, 0.5) is 0 Å². The first-order valence-electron chi connectivity index (χ1n) is 10.2. The van der Waals surface area contributed by atoms with Crippen LogP contribution in [0.1, 0.15) is 24.0 Å². The highest BCUT2D eigenvalue weighted by Crippen LogP contribution is 2.52. The molecule has 0 unspecified atom stereocenters. The number of nitrogens with two attached hydrogens (primary N) is 1. The molecule has 3 rings (SSSR count). The number of benzene rings is 2. The van der Waals surface area contributed by atoms with Crippen molar-refractivity contribution in [3.63, 3.8) is 0 Å². The van der Waals surface area contributed by atoms with E-state index in [-0.39, 0.29) is 18.9 Å². The maximum atomic E-state index is 13.7. The van der Waals surface area contributed by atoms with Gasteiger partial charge in [-0.2, -0.15) is 0 Å². The maximum Gasteiger partial charge on any atom is 0.246 e. The fourth-order valence-electron chi connectivity index (χ4n) is 3.68. The Bertz CT molecular complexity index is 1020. The molecule has 9 heteroatoms. The van der Waals surface area contributed by atoms with E-state index in [1.807, 2.05) is 19.0 Å². The summed E-state index contributed by atoms with van der Waals surface area (Å²) >= 11 is 24.7. The first-order valence-corrected chi connectivity index (χ1v) is 11.7. The molecular formula is C23H25Cl4N3O2. The Morgan fingerprint density at radius 3 is 2.09 bits per heavy atom. The molecule has 0 aliphatic heterocycles. The molecule has 1 aliphatic carbocycles. The molecule has 1 atom stereocenters. The molecule has 0 aromatic heterocycles. The third-order valence-electron chi connectivity index (χ3n) is 5.66. The van der Waals surface area contributed by atoms with E-state index in [0.29, 0.717) is 50.6 Å². The minimum absolute atomic E-state index is 0.190. The molecule has 0 heterocycles. The van der Waals surface area contributed by atoms with Gasteiger partial charge in [0.2, 0.25) is 11.8 Å². The number of nitrogens with zero attached hydrogens (tertiary/aromatic N) is 2. The van der Waals surface area contributed by atoms with Crippen LogP contribution in [0, 0.1) is 0 Å². The molecule has 0 saturated heterocycles. The van der Waals surface area contributed by atoms with E-state index in [0.717, 1.165) is 0 Å². The Labute approximate surface area is 208 Å². The van der Waals surface area contributed by atoms with Crippen molar-refractivity contribution < 1.29 is 9.59 Å². The molecule has 0 spiro atoms. The number of carbonyl (C=O) groups excluding carboxylic acids is 2. The van der Waals surface area contributed by atoms with Crippen LogP contribution in [0.3, 0.4) is 0 Å². The second kappa shape index (κ2) is 10.3. The van der Waals surface area contributed by atoms with Crippen molar-refractivity contribution in [2.45, 2.75) is 30.7 Å². The molecule has 2 amide bonds. The number of hydrogen-bond donors (Lipinski definition) is 1. The summed E-state index contributed by atoms with van der Waals surface area (Å²) in [7, 11) is 3.76. The largest absolute Gasteiger partial charge is 0.320 e. The normalized spacial score (nSPS) is 15.5. The number of imide groups is 1. The molecule has 32 heavy (non-hydrogen) atoms. The summed E-state index contributed by atoms with van der Waals surface area (Å²) in [5.41, 5.74) is 6.81. The van der Waals surface area contributed by atoms with Gasteiger partial charge in [0.15, 0.2) is 0 Å². The van der Waals surface area contributed by atoms with Crippen LogP contribution >= 0.6 is 46.4 Å². The monoisotopic (exact) mass is 515 g/mol. The van der Waals surface area contributed by atoms with Crippen LogP contribution in [0.2, 0.25) is 20.1 Å². The molecule has 0 bridgehead atoms. The van der Waals surface area contributed by atoms with E-state index in [2.05, 4.69) is 0 Å². The van der Waals surface area contributed by atoms with E-state index in [9.17, 15) is 9.59 Å². The third-order valence-corrected chi connectivity index (χ3v) is 6.79. The lowest BCUT2D eigenvalue weighted by Gasteiger charge is -2.29. The van der Waals surface area contributed by atoms with Gasteiger partial charge in [-0.1, -0.05) is 58.5 Å². The highest BCUT2D eigenvalue weighted by molar-refractivity contribution is 6.36. The van der Waals surface area contributed by atoms with Crippen molar-refractivity contribution >= 4 is 58.2 Å². The quantitative estimate of drug-likeness (QED) is 0.546. The summed E-state index contributed by atoms with van der Waals surface area (Å²) in [5.74, 6) is -0.731. The molecule has 2 aromatic rings. The van der Waals surface area contributed by atoms with Gasteiger partial charge in [-0.25, -0.2) is 0 Å². The zero-order valence-electron chi connectivity index (χ0n) is 17.9. The zero-order valence-corrected chi connectivity index (χ0v) is 20.9. The van der Waals surface area contributed by atoms with E-state index in [4.69, 9.17) is 52.1 Å². The first-order chi connectivity index (χ1) is 15.0. The fraction of sp³-hybridized carbons (Fsp3) is 0.391. The summed E-state index contributed by atoms with van der Waals surface area (Å²) < 4.78 is 0. The summed E-state index contributed by atoms with van der Waals surface area (Å²) in [6.07, 6.45) is 1.41. The fourth-order valence-corrected chi connectivity index (χ4v) is 4.76. The van der Waals surface area contributed by atoms with E-state index in [1.54, 1.807) is 36.4 Å². The summed E-state index contributed by atoms with van der Waals surface area (Å²) in [6.45, 7) is 0.732. The number of hydrogen-bond acceptors (Lipinski definition) is 4. The van der Waals surface area contributed by atoms with Gasteiger partial charge < -0.3 is 10.6 Å². The molecule has 0 radical (unpaired) electrons. The Morgan fingerprint density at radius 2 is 1.56 bits per heavy atom. The lowest BCUT2D eigenvalue weighted by molar-refractivity contribution is -0.147. The number of amides is 2. The predicted octanol–water partition coefficient (Wildman–Crippen LogP) is 4.82. The second-order valence-corrected chi connectivity index (χ2v) is 10.0. The highest BCUT2D eigenvalue weighted by atomic mass is 35.5. The SMILES string of the molecule is CN(C)CCN(C(=O)[C@@H](N)Cc1ccc(Cl)cc1Cl)C(=O)C1(c2ccc(Cl)cc2Cl)CC1. The predicted molar refractivity (Wildman–Crippen MR) is 131 cm³/mol. The Hall–Kier alpha value is -1.34. The maximum absolute atomic E-state index is 13.7. The van der Waals surface area contributed by atoms with Crippen LogP contribution in [0.25, 0.3) is 0 Å². The number of carbonyl (C=O) groups is 2. The second-order valence-electron chi connectivity index (χ2n) is 8.35. The highest BCUT2D eigenvalue weighted by Gasteiger charge is 2.55. The van der Waals surface area contributed by atoms with Crippen LogP contribution in [0.5, 0.6) is 0 Å². The smallest absolute Gasteiger partial charge is 0.246 e. The number of halogens is 4. The minimum atomic E-state index is -0.934. The Morgan fingerprint density at radius 1 is 0.969 bits per heavy atom. The van der Waals surface area contributed by atoms with Crippen LogP contribution < -0.4 is 5.73 Å². The van der Waals surface area contributed by atoms with Gasteiger partial charge >= 0.3 is 0 Å². The number of likely N-dealkylation sites (N-methyl/N-ethyl adjacent to an activating group) is 1. The van der Waals surface area contributed by atoms with Crippen molar-refractivity contribution in [2.24, 2.45) is 5.73 Å². The molecule has 172 valence electrons. The average molecular weight is 517 g/mol. The first kappa shape index (κ1) is 25.3. The minimum Gasteiger partial charge on any atom is -0.320 e. The lowest BCUT2D eigenvalue weighted by Crippen LogP contribution is -2.52. The summed E-state index contributed by atoms with van der Waals surface area (Å²) in [6, 6.07) is 9.18. The molecule has 1 saturated carbocycles. The van der Waals surface area contributed by atoms with E-state index < -0.39 is 17.4 Å². The van der Waals surface area contributed by atoms with Crippen molar-refractivity contribution in [2.75, 3.05) is 27.2 Å². The van der Waals surface area contributed by atoms with Gasteiger partial charge in [0.05, 0.1) is 11.5 Å². The molecule has 5 nitrogen and oxygen atoms in total. The van der Waals surface area contributed by atoms with Crippen molar-refractivity contribution in [1.82, 2.24) is 9.80 Å². The molecular weight excluding hydrogens is 492 g/mol. The zero-order chi connectivity index (χ0) is 23.6. The van der Waals surface area contributed by atoms with Gasteiger partial charge in [-0.05, 0) is 68.8 Å². The summed E-state index contributed by atoms with van der Waals surface area (Å²) in [5, 5.41) is 1.83. The van der Waals surface area contributed by atoms with E-state index >= 15 is 0 Å². The molecule has 1 aliphatic rings. The summed E-state index contributed by atoms with van der Waals surface area (Å²) in [4.78, 5) is 30.2. The van der Waals surface area contributed by atoms with Crippen LogP contribution in [0.15, 0.2) is 36.4 Å². The van der Waals surface area contributed by atoms with Crippen molar-refractivity contribution in [3.05, 3.63) is 67.6 Å². The van der Waals surface area contributed by atoms with Gasteiger partial charge in [0, 0.05) is 33.2 Å².